The summed E-state index contributed by atoms with van der Waals surface area (Å²) in [5.74, 6) is 0.575. The first kappa shape index (κ1) is 29.8. The first-order valence-corrected chi connectivity index (χ1v) is 15.5. The van der Waals surface area contributed by atoms with Crippen molar-refractivity contribution in [2.45, 2.75) is 44.8 Å². The number of alkyl halides is 1. The zero-order chi connectivity index (χ0) is 30.6. The number of aromatic nitrogens is 2. The van der Waals surface area contributed by atoms with Gasteiger partial charge in [0.25, 0.3) is 0 Å². The zero-order valence-corrected chi connectivity index (χ0v) is 25.6. The highest BCUT2D eigenvalue weighted by Gasteiger charge is 2.35. The molecular formula is C34H40FN7O2. The Balaban J connectivity index is 1.32. The molecule has 1 amide bonds. The average Bonchev–Trinajstić information content (AvgIpc) is 3.46. The number of nitrogens with zero attached hydrogens (tertiary/aromatic N) is 7. The lowest BCUT2D eigenvalue weighted by atomic mass is 9.99. The number of rotatable bonds is 8. The molecule has 0 radical (unpaired) electrons. The van der Waals surface area contributed by atoms with Gasteiger partial charge in [0.05, 0.1) is 12.2 Å². The van der Waals surface area contributed by atoms with Gasteiger partial charge in [-0.15, -0.1) is 0 Å². The molecule has 2 fully saturated rings. The quantitative estimate of drug-likeness (QED) is 0.281. The number of fused-ring (bicyclic) bond motifs is 2. The van der Waals surface area contributed by atoms with Gasteiger partial charge in [-0.25, -0.2) is 11.0 Å². The number of likely N-dealkylation sites (tertiary alicyclic amines) is 1. The van der Waals surface area contributed by atoms with Gasteiger partial charge < -0.3 is 29.2 Å². The molecule has 0 bridgehead atoms. The van der Waals surface area contributed by atoms with Gasteiger partial charge in [0, 0.05) is 54.9 Å². The standard InChI is InChI=1S/C34H40FN7O2/c1-24-8-4-9-25-10-5-12-30(32(24)25)40-17-14-28-29(22-40)37-34(44-23-26-11-7-16-39(26)3)38-33(28)41-18-19-42(27(21-41)20-36-2)31(43)13-6-15-35/h4-6,8-10,12-13,26-27H,7,11,14-23H2,1,3H3/b13-6+/t26-,27+/m1/s1. The van der Waals surface area contributed by atoms with Crippen molar-refractivity contribution in [1.82, 2.24) is 19.8 Å². The Morgan fingerprint density at radius 2 is 1.95 bits per heavy atom. The van der Waals surface area contributed by atoms with Gasteiger partial charge in [-0.1, -0.05) is 30.3 Å². The number of allylic oxidation sites excluding steroid dienone is 1. The number of carbonyl (C=O) groups excluding carboxylic acids is 1. The molecule has 3 aromatic rings. The zero-order valence-electron chi connectivity index (χ0n) is 25.6. The van der Waals surface area contributed by atoms with Crippen LogP contribution in [-0.4, -0.2) is 97.4 Å². The molecule has 3 aliphatic rings. The van der Waals surface area contributed by atoms with Crippen LogP contribution < -0.4 is 14.5 Å². The third kappa shape index (κ3) is 6.06. The minimum Gasteiger partial charge on any atom is -0.462 e. The number of ether oxygens (including phenoxy) is 1. The van der Waals surface area contributed by atoms with E-state index in [1.54, 1.807) is 4.90 Å². The predicted octanol–water partition coefficient (Wildman–Crippen LogP) is 4.44. The Morgan fingerprint density at radius 1 is 1.11 bits per heavy atom. The van der Waals surface area contributed by atoms with Crippen LogP contribution >= 0.6 is 0 Å². The third-order valence-electron chi connectivity index (χ3n) is 9.25. The maximum Gasteiger partial charge on any atom is 0.318 e. The van der Waals surface area contributed by atoms with Gasteiger partial charge in [0.15, 0.2) is 0 Å². The highest BCUT2D eigenvalue weighted by molar-refractivity contribution is 5.97. The molecule has 0 aliphatic carbocycles. The largest absolute Gasteiger partial charge is 0.462 e. The van der Waals surface area contributed by atoms with Crippen LogP contribution in [0.2, 0.25) is 0 Å². The van der Waals surface area contributed by atoms with Gasteiger partial charge >= 0.3 is 6.01 Å². The first-order valence-electron chi connectivity index (χ1n) is 15.5. The number of piperazine rings is 1. The van der Waals surface area contributed by atoms with Crippen LogP contribution in [-0.2, 0) is 17.8 Å². The van der Waals surface area contributed by atoms with E-state index in [2.05, 4.69) is 69.9 Å². The lowest BCUT2D eigenvalue weighted by Gasteiger charge is -2.41. The summed E-state index contributed by atoms with van der Waals surface area (Å²) in [4.78, 5) is 35.0. The van der Waals surface area contributed by atoms with E-state index in [-0.39, 0.29) is 18.5 Å². The van der Waals surface area contributed by atoms with E-state index in [1.165, 1.54) is 34.2 Å². The molecular weight excluding hydrogens is 557 g/mol. The fourth-order valence-corrected chi connectivity index (χ4v) is 6.89. The number of amides is 1. The maximum atomic E-state index is 12.8. The lowest BCUT2D eigenvalue weighted by molar-refractivity contribution is -0.128. The second-order valence-corrected chi connectivity index (χ2v) is 12.0. The molecule has 2 atom stereocenters. The summed E-state index contributed by atoms with van der Waals surface area (Å²) in [6.45, 7) is 13.7. The number of halogens is 1. The lowest BCUT2D eigenvalue weighted by Crippen LogP contribution is -2.56. The van der Waals surface area contributed by atoms with Crippen LogP contribution in [0.15, 0.2) is 48.6 Å². The van der Waals surface area contributed by atoms with E-state index < -0.39 is 6.67 Å². The number of carbonyl (C=O) groups is 1. The van der Waals surface area contributed by atoms with E-state index in [0.717, 1.165) is 49.4 Å². The van der Waals surface area contributed by atoms with Crippen LogP contribution in [0.3, 0.4) is 0 Å². The number of hydrogen-bond donors (Lipinski definition) is 0. The van der Waals surface area contributed by atoms with Crippen LogP contribution in [0, 0.1) is 13.5 Å². The van der Waals surface area contributed by atoms with Gasteiger partial charge in [-0.2, -0.15) is 9.97 Å². The molecule has 44 heavy (non-hydrogen) atoms. The molecule has 0 spiro atoms. The second kappa shape index (κ2) is 13.2. The van der Waals surface area contributed by atoms with Crippen molar-refractivity contribution in [3.63, 3.8) is 0 Å². The minimum atomic E-state index is -0.693. The third-order valence-corrected chi connectivity index (χ3v) is 9.25. The smallest absolute Gasteiger partial charge is 0.318 e. The van der Waals surface area contributed by atoms with Gasteiger partial charge in [-0.05, 0) is 62.9 Å². The summed E-state index contributed by atoms with van der Waals surface area (Å²) in [6.07, 6.45) is 5.51. The van der Waals surface area contributed by atoms with Crippen molar-refractivity contribution in [2.75, 3.05) is 69.4 Å². The highest BCUT2D eigenvalue weighted by Crippen LogP contribution is 2.36. The highest BCUT2D eigenvalue weighted by atomic mass is 19.1. The summed E-state index contributed by atoms with van der Waals surface area (Å²) in [7, 11) is 2.13. The van der Waals surface area contributed by atoms with Crippen LogP contribution in [0.5, 0.6) is 6.01 Å². The Hall–Kier alpha value is -4.23. The average molecular weight is 598 g/mol. The van der Waals surface area contributed by atoms with Crippen molar-refractivity contribution >= 4 is 28.2 Å². The fourth-order valence-electron chi connectivity index (χ4n) is 6.89. The molecule has 3 aliphatic heterocycles. The Labute approximate surface area is 258 Å². The Kier molecular flexibility index (Phi) is 8.94. The summed E-state index contributed by atoms with van der Waals surface area (Å²) < 4.78 is 19.0. The summed E-state index contributed by atoms with van der Waals surface area (Å²) in [6, 6.07) is 13.3. The molecule has 0 N–H and O–H groups in total. The summed E-state index contributed by atoms with van der Waals surface area (Å²) >= 11 is 0. The maximum absolute atomic E-state index is 12.8. The van der Waals surface area contributed by atoms with Crippen molar-refractivity contribution < 1.29 is 13.9 Å². The molecule has 4 heterocycles. The first-order chi connectivity index (χ1) is 21.5. The molecule has 0 unspecified atom stereocenters. The van der Waals surface area contributed by atoms with Crippen molar-refractivity contribution in [3.05, 3.63) is 76.8 Å². The van der Waals surface area contributed by atoms with E-state index in [9.17, 15) is 9.18 Å². The fraction of sp³-hybridized carbons (Fsp3) is 0.471. The topological polar surface area (TPSA) is 69.4 Å². The number of hydrogen-bond acceptors (Lipinski definition) is 7. The molecule has 10 heteroatoms. The van der Waals surface area contributed by atoms with E-state index in [1.807, 2.05) is 0 Å². The normalized spacial score (nSPS) is 20.7. The Morgan fingerprint density at radius 3 is 2.73 bits per heavy atom. The molecule has 9 nitrogen and oxygen atoms in total. The van der Waals surface area contributed by atoms with Gasteiger partial charge in [0.2, 0.25) is 12.5 Å². The molecule has 2 saturated heterocycles. The summed E-state index contributed by atoms with van der Waals surface area (Å²) in [5.41, 5.74) is 4.50. The SMILES string of the molecule is [C-]#[N+]C[C@H]1CN(c2nc(OC[C@H]3CCCN3C)nc3c2CCN(c2cccc4cccc(C)c24)C3)CCN1C(=O)/C=C/CF. The molecule has 230 valence electrons. The number of anilines is 2. The summed E-state index contributed by atoms with van der Waals surface area (Å²) in [5, 5.41) is 2.49. The molecule has 0 saturated carbocycles. The van der Waals surface area contributed by atoms with E-state index in [0.29, 0.717) is 44.8 Å². The van der Waals surface area contributed by atoms with Gasteiger partial charge in [-0.3, -0.25) is 4.79 Å². The molecule has 1 aromatic heterocycles. The van der Waals surface area contributed by atoms with E-state index >= 15 is 0 Å². The monoisotopic (exact) mass is 597 g/mol. The minimum absolute atomic E-state index is 0.171. The molecule has 2 aromatic carbocycles. The van der Waals surface area contributed by atoms with Crippen LogP contribution in [0.1, 0.15) is 29.7 Å². The Bertz CT molecular complexity index is 1580. The van der Waals surface area contributed by atoms with E-state index in [4.69, 9.17) is 21.3 Å². The van der Waals surface area contributed by atoms with Crippen molar-refractivity contribution in [2.24, 2.45) is 0 Å². The number of benzene rings is 2. The predicted molar refractivity (Wildman–Crippen MR) is 171 cm³/mol. The van der Waals surface area contributed by atoms with Crippen molar-refractivity contribution in [3.8, 4) is 6.01 Å². The number of likely N-dealkylation sites (N-methyl/N-ethyl adjacent to an activating group) is 1. The number of aryl methyl sites for hydroxylation is 1. The second-order valence-electron chi connectivity index (χ2n) is 12.0. The molecule has 6 rings (SSSR count). The van der Waals surface area contributed by atoms with Crippen LogP contribution in [0.4, 0.5) is 15.9 Å². The van der Waals surface area contributed by atoms with Crippen molar-refractivity contribution in [1.29, 1.82) is 0 Å². The van der Waals surface area contributed by atoms with Gasteiger partial charge in [0.1, 0.15) is 25.1 Å². The van der Waals surface area contributed by atoms with Crippen LogP contribution in [0.25, 0.3) is 15.6 Å².